The Hall–Kier alpha value is -2.55. The molecule has 0 fully saturated rings. The van der Waals surface area contributed by atoms with Gasteiger partial charge in [0.2, 0.25) is 6.79 Å². The van der Waals surface area contributed by atoms with Crippen LogP contribution in [-0.2, 0) is 15.9 Å². The fourth-order valence-electron chi connectivity index (χ4n) is 2.32. The number of ether oxygens (including phenoxy) is 2. The molecule has 3 nitrogen and oxygen atoms in total. The summed E-state index contributed by atoms with van der Waals surface area (Å²) in [6.45, 7) is 1.80. The normalized spacial score (nSPS) is 13.8. The number of benzene rings is 2. The molecule has 3 rings (SSSR count). The molecule has 0 saturated carbocycles. The summed E-state index contributed by atoms with van der Waals surface area (Å²) in [4.78, 5) is 11.3. The highest BCUT2D eigenvalue weighted by Crippen LogP contribution is 2.29. The predicted octanol–water partition coefficient (Wildman–Crippen LogP) is 3.80. The lowest BCUT2D eigenvalue weighted by molar-refractivity contribution is 0.0857. The van der Waals surface area contributed by atoms with Crippen molar-refractivity contribution in [2.75, 3.05) is 6.79 Å². The summed E-state index contributed by atoms with van der Waals surface area (Å²) in [5, 5.41) is 0. The molecule has 0 radical (unpaired) electrons. The summed E-state index contributed by atoms with van der Waals surface area (Å²) < 4.78 is 11.2. The SMILES string of the molecule is CC(=O)c1ccc(C2=C(Cc3ccccc3)OCO2)cc1. The topological polar surface area (TPSA) is 35.5 Å². The first-order chi connectivity index (χ1) is 10.2. The molecule has 0 N–H and O–H groups in total. The highest BCUT2D eigenvalue weighted by Gasteiger charge is 2.19. The van der Waals surface area contributed by atoms with E-state index in [1.807, 2.05) is 42.5 Å². The summed E-state index contributed by atoms with van der Waals surface area (Å²) >= 11 is 0. The fourth-order valence-corrected chi connectivity index (χ4v) is 2.32. The van der Waals surface area contributed by atoms with Crippen molar-refractivity contribution in [1.29, 1.82) is 0 Å². The van der Waals surface area contributed by atoms with Crippen LogP contribution < -0.4 is 0 Å². The van der Waals surface area contributed by atoms with Crippen LogP contribution in [0.5, 0.6) is 0 Å². The van der Waals surface area contributed by atoms with Crippen molar-refractivity contribution in [2.45, 2.75) is 13.3 Å². The van der Waals surface area contributed by atoms with Crippen LogP contribution in [0.2, 0.25) is 0 Å². The molecular weight excluding hydrogens is 264 g/mol. The average Bonchev–Trinajstić information content (AvgIpc) is 2.96. The van der Waals surface area contributed by atoms with E-state index >= 15 is 0 Å². The van der Waals surface area contributed by atoms with Crippen molar-refractivity contribution in [1.82, 2.24) is 0 Å². The second kappa shape index (κ2) is 5.83. The standard InChI is InChI=1S/C18H16O3/c1-13(19)15-7-9-16(10-8-15)18-17(20-12-21-18)11-14-5-3-2-4-6-14/h2-10H,11-12H2,1H3. The molecule has 2 aromatic carbocycles. The first kappa shape index (κ1) is 13.4. The van der Waals surface area contributed by atoms with E-state index in [9.17, 15) is 4.79 Å². The number of rotatable bonds is 4. The zero-order chi connectivity index (χ0) is 14.7. The Morgan fingerprint density at radius 2 is 1.71 bits per heavy atom. The van der Waals surface area contributed by atoms with Crippen molar-refractivity contribution in [3.05, 3.63) is 77.0 Å². The van der Waals surface area contributed by atoms with E-state index in [0.29, 0.717) is 12.0 Å². The monoisotopic (exact) mass is 280 g/mol. The maximum Gasteiger partial charge on any atom is 0.230 e. The highest BCUT2D eigenvalue weighted by molar-refractivity contribution is 5.94. The molecule has 106 valence electrons. The lowest BCUT2D eigenvalue weighted by Gasteiger charge is -2.05. The number of hydrogen-bond donors (Lipinski definition) is 0. The Kier molecular flexibility index (Phi) is 3.73. The number of ketones is 1. The minimum atomic E-state index is 0.0589. The van der Waals surface area contributed by atoms with E-state index in [4.69, 9.17) is 9.47 Å². The lowest BCUT2D eigenvalue weighted by Crippen LogP contribution is -1.95. The van der Waals surface area contributed by atoms with Gasteiger partial charge in [0.15, 0.2) is 11.5 Å². The van der Waals surface area contributed by atoms with Crippen molar-refractivity contribution in [3.8, 4) is 0 Å². The summed E-state index contributed by atoms with van der Waals surface area (Å²) in [5.41, 5.74) is 2.81. The number of carbonyl (C=O) groups excluding carboxylic acids is 1. The van der Waals surface area contributed by atoms with Crippen molar-refractivity contribution in [3.63, 3.8) is 0 Å². The quantitative estimate of drug-likeness (QED) is 0.799. The Morgan fingerprint density at radius 1 is 1.00 bits per heavy atom. The third-order valence-electron chi connectivity index (χ3n) is 3.45. The molecule has 0 saturated heterocycles. The fraction of sp³-hybridized carbons (Fsp3) is 0.167. The van der Waals surface area contributed by atoms with Crippen LogP contribution in [-0.4, -0.2) is 12.6 Å². The van der Waals surface area contributed by atoms with Gasteiger partial charge >= 0.3 is 0 Å². The average molecular weight is 280 g/mol. The number of allylic oxidation sites excluding steroid dienone is 1. The van der Waals surface area contributed by atoms with Gasteiger partial charge in [0.1, 0.15) is 5.76 Å². The second-order valence-electron chi connectivity index (χ2n) is 4.95. The molecule has 1 aliphatic rings. The van der Waals surface area contributed by atoms with Gasteiger partial charge in [-0.3, -0.25) is 4.79 Å². The van der Waals surface area contributed by atoms with Crippen LogP contribution >= 0.6 is 0 Å². The van der Waals surface area contributed by atoms with Gasteiger partial charge in [0.25, 0.3) is 0 Å². The van der Waals surface area contributed by atoms with Crippen LogP contribution in [0.4, 0.5) is 0 Å². The molecule has 0 aliphatic carbocycles. The summed E-state index contributed by atoms with van der Waals surface area (Å²) in [7, 11) is 0. The first-order valence-corrected chi connectivity index (χ1v) is 6.88. The third-order valence-corrected chi connectivity index (χ3v) is 3.45. The summed E-state index contributed by atoms with van der Waals surface area (Å²) in [6, 6.07) is 17.5. The molecule has 0 bridgehead atoms. The Bertz CT molecular complexity index is 669. The Labute approximate surface area is 123 Å². The highest BCUT2D eigenvalue weighted by atomic mass is 16.7. The van der Waals surface area contributed by atoms with E-state index in [1.54, 1.807) is 6.92 Å². The molecule has 0 aromatic heterocycles. The number of hydrogen-bond acceptors (Lipinski definition) is 3. The van der Waals surface area contributed by atoms with Crippen molar-refractivity contribution < 1.29 is 14.3 Å². The van der Waals surface area contributed by atoms with E-state index in [2.05, 4.69) is 12.1 Å². The number of carbonyl (C=O) groups is 1. The summed E-state index contributed by atoms with van der Waals surface area (Å²) in [6.07, 6.45) is 0.699. The molecule has 1 heterocycles. The van der Waals surface area contributed by atoms with E-state index in [0.717, 1.165) is 17.1 Å². The predicted molar refractivity (Wildman–Crippen MR) is 80.5 cm³/mol. The molecular formula is C18H16O3. The van der Waals surface area contributed by atoms with Gasteiger partial charge < -0.3 is 9.47 Å². The van der Waals surface area contributed by atoms with Crippen LogP contribution in [0.25, 0.3) is 5.76 Å². The van der Waals surface area contributed by atoms with Gasteiger partial charge in [-0.1, -0.05) is 54.6 Å². The van der Waals surface area contributed by atoms with Gasteiger partial charge in [-0.2, -0.15) is 0 Å². The maximum atomic E-state index is 11.3. The molecule has 3 heteroatoms. The lowest BCUT2D eigenvalue weighted by atomic mass is 10.0. The molecule has 0 spiro atoms. The van der Waals surface area contributed by atoms with Gasteiger partial charge in [-0.25, -0.2) is 0 Å². The molecule has 0 amide bonds. The van der Waals surface area contributed by atoms with E-state index in [-0.39, 0.29) is 12.6 Å². The van der Waals surface area contributed by atoms with Gasteiger partial charge in [0.05, 0.1) is 0 Å². The summed E-state index contributed by atoms with van der Waals surface area (Å²) in [5.74, 6) is 1.65. The van der Waals surface area contributed by atoms with Gasteiger partial charge in [-0.15, -0.1) is 0 Å². The Morgan fingerprint density at radius 3 is 2.38 bits per heavy atom. The molecule has 21 heavy (non-hydrogen) atoms. The van der Waals surface area contributed by atoms with Crippen LogP contribution in [0.1, 0.15) is 28.4 Å². The second-order valence-corrected chi connectivity index (χ2v) is 4.95. The first-order valence-electron chi connectivity index (χ1n) is 6.88. The van der Waals surface area contributed by atoms with Crippen molar-refractivity contribution in [2.24, 2.45) is 0 Å². The van der Waals surface area contributed by atoms with Crippen LogP contribution in [0, 0.1) is 0 Å². The smallest absolute Gasteiger partial charge is 0.230 e. The Balaban J connectivity index is 1.88. The largest absolute Gasteiger partial charge is 0.458 e. The zero-order valence-corrected chi connectivity index (χ0v) is 11.8. The molecule has 2 aromatic rings. The molecule has 0 unspecified atom stereocenters. The minimum absolute atomic E-state index is 0.0589. The van der Waals surface area contributed by atoms with Crippen LogP contribution in [0.3, 0.4) is 0 Å². The zero-order valence-electron chi connectivity index (χ0n) is 11.8. The third kappa shape index (κ3) is 2.97. The number of Topliss-reactive ketones (excluding diaryl/α,β-unsaturated/α-hetero) is 1. The molecule has 0 atom stereocenters. The van der Waals surface area contributed by atoms with Crippen molar-refractivity contribution >= 4 is 11.5 Å². The molecule has 1 aliphatic heterocycles. The van der Waals surface area contributed by atoms with Crippen LogP contribution in [0.15, 0.2) is 60.4 Å². The van der Waals surface area contributed by atoms with E-state index < -0.39 is 0 Å². The van der Waals surface area contributed by atoms with Gasteiger partial charge in [-0.05, 0) is 12.5 Å². The van der Waals surface area contributed by atoms with E-state index in [1.165, 1.54) is 5.56 Å². The maximum absolute atomic E-state index is 11.3. The minimum Gasteiger partial charge on any atom is -0.458 e. The van der Waals surface area contributed by atoms with Gasteiger partial charge in [0, 0.05) is 17.5 Å².